The van der Waals surface area contributed by atoms with E-state index in [4.69, 9.17) is 5.73 Å². The number of anilines is 3. The Morgan fingerprint density at radius 3 is 2.10 bits per heavy atom. The molecule has 31 heavy (non-hydrogen) atoms. The third-order valence-electron chi connectivity index (χ3n) is 5.90. The number of piperazine rings is 1. The van der Waals surface area contributed by atoms with Gasteiger partial charge in [-0.05, 0) is 17.5 Å². The Labute approximate surface area is 185 Å². The van der Waals surface area contributed by atoms with E-state index in [1.807, 2.05) is 0 Å². The first-order valence-corrected chi connectivity index (χ1v) is 11.2. The molecule has 2 heterocycles. The molecule has 6 heteroatoms. The first-order valence-electron chi connectivity index (χ1n) is 11.2. The topological polar surface area (TPSA) is 70.3 Å². The van der Waals surface area contributed by atoms with Gasteiger partial charge in [-0.1, -0.05) is 74.0 Å². The lowest BCUT2D eigenvalue weighted by molar-refractivity contribution is 0.212. The molecular formula is C25H32N6. The lowest BCUT2D eigenvalue weighted by Gasteiger charge is -2.40. The third-order valence-corrected chi connectivity index (χ3v) is 5.90. The Morgan fingerprint density at radius 1 is 0.903 bits per heavy atom. The Morgan fingerprint density at radius 2 is 1.52 bits per heavy atom. The van der Waals surface area contributed by atoms with Crippen LogP contribution in [-0.2, 0) is 0 Å². The SMILES string of the molecule is CCCCNc1ncnc(N2CCN(C(c3ccccc3)c3ccccc3)CC2)c1N. The monoisotopic (exact) mass is 416 g/mol. The molecule has 0 amide bonds. The van der Waals surface area contributed by atoms with E-state index in [0.29, 0.717) is 5.69 Å². The fraction of sp³-hybridized carbons (Fsp3) is 0.360. The van der Waals surface area contributed by atoms with Gasteiger partial charge >= 0.3 is 0 Å². The first kappa shape index (κ1) is 21.1. The minimum atomic E-state index is 0.249. The summed E-state index contributed by atoms with van der Waals surface area (Å²) in [7, 11) is 0. The number of hydrogen-bond acceptors (Lipinski definition) is 6. The van der Waals surface area contributed by atoms with Crippen molar-refractivity contribution in [2.75, 3.05) is 48.7 Å². The fourth-order valence-corrected chi connectivity index (χ4v) is 4.24. The standard InChI is InChI=1S/C25H32N6/c1-2-3-14-27-24-22(26)25(29-19-28-24)31-17-15-30(16-18-31)23(20-10-6-4-7-11-20)21-12-8-5-9-13-21/h4-13,19,23H,2-3,14-18,26H2,1H3,(H,27,28,29). The number of benzene rings is 2. The van der Waals surface area contributed by atoms with E-state index in [9.17, 15) is 0 Å². The minimum absolute atomic E-state index is 0.249. The molecule has 0 aliphatic carbocycles. The first-order chi connectivity index (χ1) is 15.3. The van der Waals surface area contributed by atoms with Crippen molar-refractivity contribution < 1.29 is 0 Å². The van der Waals surface area contributed by atoms with Gasteiger partial charge in [0.15, 0.2) is 11.6 Å². The van der Waals surface area contributed by atoms with Crippen LogP contribution in [0.15, 0.2) is 67.0 Å². The zero-order chi connectivity index (χ0) is 21.5. The van der Waals surface area contributed by atoms with Crippen molar-refractivity contribution in [1.82, 2.24) is 14.9 Å². The normalized spacial score (nSPS) is 14.7. The van der Waals surface area contributed by atoms with Crippen LogP contribution in [0.2, 0.25) is 0 Å². The Bertz CT molecular complexity index is 899. The number of nitrogens with two attached hydrogens (primary N) is 1. The van der Waals surface area contributed by atoms with Gasteiger partial charge in [-0.2, -0.15) is 0 Å². The molecule has 1 fully saturated rings. The molecule has 162 valence electrons. The number of nitrogens with zero attached hydrogens (tertiary/aromatic N) is 4. The highest BCUT2D eigenvalue weighted by Gasteiger charge is 2.27. The molecule has 1 aromatic heterocycles. The Kier molecular flexibility index (Phi) is 6.99. The quantitative estimate of drug-likeness (QED) is 0.537. The predicted molar refractivity (Wildman–Crippen MR) is 128 cm³/mol. The maximum absolute atomic E-state index is 6.43. The molecule has 2 aromatic carbocycles. The summed E-state index contributed by atoms with van der Waals surface area (Å²) in [5, 5.41) is 3.35. The van der Waals surface area contributed by atoms with Gasteiger partial charge in [0.2, 0.25) is 0 Å². The van der Waals surface area contributed by atoms with Crippen LogP contribution in [0.3, 0.4) is 0 Å². The molecule has 1 aliphatic rings. The maximum atomic E-state index is 6.43. The molecular weight excluding hydrogens is 384 g/mol. The second-order valence-electron chi connectivity index (χ2n) is 7.99. The van der Waals surface area contributed by atoms with Gasteiger partial charge in [-0.15, -0.1) is 0 Å². The zero-order valence-electron chi connectivity index (χ0n) is 18.2. The van der Waals surface area contributed by atoms with Crippen molar-refractivity contribution in [3.63, 3.8) is 0 Å². The summed E-state index contributed by atoms with van der Waals surface area (Å²) in [4.78, 5) is 13.7. The fourth-order valence-electron chi connectivity index (χ4n) is 4.24. The van der Waals surface area contributed by atoms with Crippen LogP contribution in [0.25, 0.3) is 0 Å². The predicted octanol–water partition coefficient (Wildman–Crippen LogP) is 4.18. The van der Waals surface area contributed by atoms with Crippen LogP contribution in [0.1, 0.15) is 36.9 Å². The summed E-state index contributed by atoms with van der Waals surface area (Å²) in [6.07, 6.45) is 3.84. The third kappa shape index (κ3) is 4.97. The molecule has 0 bridgehead atoms. The molecule has 0 radical (unpaired) electrons. The van der Waals surface area contributed by atoms with E-state index in [0.717, 1.165) is 57.2 Å². The van der Waals surface area contributed by atoms with Crippen LogP contribution >= 0.6 is 0 Å². The molecule has 0 unspecified atom stereocenters. The van der Waals surface area contributed by atoms with Gasteiger partial charge < -0.3 is 16.0 Å². The second kappa shape index (κ2) is 10.3. The summed E-state index contributed by atoms with van der Waals surface area (Å²) < 4.78 is 0. The van der Waals surface area contributed by atoms with Crippen molar-refractivity contribution in [1.29, 1.82) is 0 Å². The number of unbranched alkanes of at least 4 members (excludes halogenated alkanes) is 1. The van der Waals surface area contributed by atoms with Gasteiger partial charge in [-0.3, -0.25) is 4.90 Å². The lowest BCUT2D eigenvalue weighted by atomic mass is 9.96. The number of aromatic nitrogens is 2. The van der Waals surface area contributed by atoms with E-state index in [1.54, 1.807) is 6.33 Å². The molecule has 0 atom stereocenters. The highest BCUT2D eigenvalue weighted by atomic mass is 15.3. The van der Waals surface area contributed by atoms with Crippen molar-refractivity contribution in [2.24, 2.45) is 0 Å². The summed E-state index contributed by atoms with van der Waals surface area (Å²) in [5.74, 6) is 1.58. The van der Waals surface area contributed by atoms with Crippen LogP contribution < -0.4 is 16.0 Å². The van der Waals surface area contributed by atoms with E-state index >= 15 is 0 Å². The highest BCUT2D eigenvalue weighted by Crippen LogP contribution is 2.32. The van der Waals surface area contributed by atoms with E-state index in [2.05, 4.69) is 92.7 Å². The van der Waals surface area contributed by atoms with Crippen molar-refractivity contribution in [3.05, 3.63) is 78.1 Å². The van der Waals surface area contributed by atoms with Crippen LogP contribution in [-0.4, -0.2) is 47.6 Å². The molecule has 6 nitrogen and oxygen atoms in total. The van der Waals surface area contributed by atoms with Gasteiger partial charge in [0, 0.05) is 32.7 Å². The molecule has 0 saturated carbocycles. The largest absolute Gasteiger partial charge is 0.393 e. The van der Waals surface area contributed by atoms with E-state index in [1.165, 1.54) is 11.1 Å². The van der Waals surface area contributed by atoms with E-state index < -0.39 is 0 Å². The van der Waals surface area contributed by atoms with Gasteiger partial charge in [0.05, 0.1) is 6.04 Å². The van der Waals surface area contributed by atoms with Crippen LogP contribution in [0.5, 0.6) is 0 Å². The summed E-state index contributed by atoms with van der Waals surface area (Å²) in [6.45, 7) is 6.69. The minimum Gasteiger partial charge on any atom is -0.393 e. The van der Waals surface area contributed by atoms with Gasteiger partial charge in [0.25, 0.3) is 0 Å². The number of rotatable bonds is 8. The number of hydrogen-bond donors (Lipinski definition) is 2. The molecule has 0 spiro atoms. The van der Waals surface area contributed by atoms with Gasteiger partial charge in [0.1, 0.15) is 12.0 Å². The van der Waals surface area contributed by atoms with Crippen molar-refractivity contribution in [2.45, 2.75) is 25.8 Å². The van der Waals surface area contributed by atoms with Crippen molar-refractivity contribution in [3.8, 4) is 0 Å². The summed E-state index contributed by atoms with van der Waals surface area (Å²) in [5.41, 5.74) is 9.73. The number of nitrogens with one attached hydrogen (secondary N) is 1. The summed E-state index contributed by atoms with van der Waals surface area (Å²) in [6, 6.07) is 21.8. The molecule has 1 aliphatic heterocycles. The molecule has 4 rings (SSSR count). The van der Waals surface area contributed by atoms with Crippen molar-refractivity contribution >= 4 is 17.3 Å². The average Bonchev–Trinajstić information content (AvgIpc) is 2.83. The Balaban J connectivity index is 1.49. The number of nitrogen functional groups attached to an aromatic ring is 1. The average molecular weight is 417 g/mol. The molecule has 1 saturated heterocycles. The Hall–Kier alpha value is -3.12. The zero-order valence-corrected chi connectivity index (χ0v) is 18.2. The van der Waals surface area contributed by atoms with E-state index in [-0.39, 0.29) is 6.04 Å². The van der Waals surface area contributed by atoms with Crippen LogP contribution in [0, 0.1) is 0 Å². The van der Waals surface area contributed by atoms with Gasteiger partial charge in [-0.25, -0.2) is 9.97 Å². The summed E-state index contributed by atoms with van der Waals surface area (Å²) >= 11 is 0. The maximum Gasteiger partial charge on any atom is 0.157 e. The van der Waals surface area contributed by atoms with Crippen LogP contribution in [0.4, 0.5) is 17.3 Å². The second-order valence-corrected chi connectivity index (χ2v) is 7.99. The highest BCUT2D eigenvalue weighted by molar-refractivity contribution is 5.75. The molecule has 3 N–H and O–H groups in total. The smallest absolute Gasteiger partial charge is 0.157 e. The molecule has 3 aromatic rings. The lowest BCUT2D eigenvalue weighted by Crippen LogP contribution is -2.48.